The lowest BCUT2D eigenvalue weighted by molar-refractivity contribution is -0.117. The molecule has 0 bridgehead atoms. The highest BCUT2D eigenvalue weighted by Crippen LogP contribution is 2.23. The number of sulfonamides is 1. The minimum atomic E-state index is -4.19. The van der Waals surface area contributed by atoms with Crippen LogP contribution in [0.2, 0.25) is 0 Å². The maximum Gasteiger partial charge on any atom is 0.242 e. The molecule has 0 spiro atoms. The lowest BCUT2D eigenvalue weighted by Crippen LogP contribution is -2.45. The summed E-state index contributed by atoms with van der Waals surface area (Å²) < 4.78 is 74.8. The van der Waals surface area contributed by atoms with Crippen molar-refractivity contribution in [2.75, 3.05) is 11.9 Å². The van der Waals surface area contributed by atoms with Gasteiger partial charge in [-0.2, -0.15) is 4.72 Å². The first-order valence-electron chi connectivity index (χ1n) is 10.4. The third-order valence-corrected chi connectivity index (χ3v) is 6.42. The number of anilines is 1. The molecule has 0 aliphatic rings. The normalized spacial score (nSPS) is 12.3. The first-order chi connectivity index (χ1) is 16.1. The highest BCUT2D eigenvalue weighted by molar-refractivity contribution is 7.89. The lowest BCUT2D eigenvalue weighted by Gasteiger charge is -2.19. The van der Waals surface area contributed by atoms with Crippen molar-refractivity contribution < 1.29 is 31.1 Å². The van der Waals surface area contributed by atoms with E-state index in [1.54, 1.807) is 44.2 Å². The number of nitrogens with one attached hydrogen (secondary N) is 2. The molecule has 0 heterocycles. The summed E-state index contributed by atoms with van der Waals surface area (Å²) in [4.78, 5) is 12.8. The van der Waals surface area contributed by atoms with E-state index in [0.717, 1.165) is 6.07 Å². The van der Waals surface area contributed by atoms with E-state index in [9.17, 15) is 26.4 Å². The van der Waals surface area contributed by atoms with Crippen LogP contribution in [0.25, 0.3) is 0 Å². The van der Waals surface area contributed by atoms with E-state index < -0.39 is 45.1 Å². The topological polar surface area (TPSA) is 84.5 Å². The van der Waals surface area contributed by atoms with Gasteiger partial charge in [0.1, 0.15) is 11.8 Å². The van der Waals surface area contributed by atoms with Gasteiger partial charge in [-0.3, -0.25) is 4.79 Å². The van der Waals surface area contributed by atoms with Crippen LogP contribution in [0.15, 0.2) is 65.6 Å². The Morgan fingerprint density at radius 3 is 2.35 bits per heavy atom. The average molecular weight is 493 g/mol. The van der Waals surface area contributed by atoms with E-state index >= 15 is 0 Å². The first-order valence-corrected chi connectivity index (χ1v) is 11.8. The quantitative estimate of drug-likeness (QED) is 0.436. The molecule has 0 radical (unpaired) electrons. The van der Waals surface area contributed by atoms with Gasteiger partial charge in [0.15, 0.2) is 17.5 Å². The minimum absolute atomic E-state index is 0.0762. The van der Waals surface area contributed by atoms with Gasteiger partial charge in [-0.1, -0.05) is 30.3 Å². The summed E-state index contributed by atoms with van der Waals surface area (Å²) in [6.45, 7) is 3.89. The van der Waals surface area contributed by atoms with Crippen molar-refractivity contribution in [2.45, 2.75) is 31.2 Å². The van der Waals surface area contributed by atoms with Gasteiger partial charge in [0.25, 0.3) is 0 Å². The van der Waals surface area contributed by atoms with Gasteiger partial charge >= 0.3 is 0 Å². The van der Waals surface area contributed by atoms with Crippen LogP contribution in [-0.4, -0.2) is 27.0 Å². The molecule has 1 amide bonds. The summed E-state index contributed by atoms with van der Waals surface area (Å²) in [6, 6.07) is 12.9. The van der Waals surface area contributed by atoms with Crippen molar-refractivity contribution in [3.05, 3.63) is 89.2 Å². The van der Waals surface area contributed by atoms with Crippen molar-refractivity contribution in [1.29, 1.82) is 0 Å². The molecule has 1 unspecified atom stereocenters. The molecule has 0 saturated heterocycles. The standard InChI is InChI=1S/C24H23F3N2O4S/c1-3-33-21-12-9-17(13-15(21)2)34(31,32)29-20(14-16-7-5-4-6-8-16)24(30)28-19-11-10-18(25)22(26)23(19)27/h4-13,20,29H,3,14H2,1-2H3,(H,28,30). The number of hydrogen-bond acceptors (Lipinski definition) is 4. The van der Waals surface area contributed by atoms with Gasteiger partial charge in [0.2, 0.25) is 15.9 Å². The number of ether oxygens (including phenoxy) is 1. The van der Waals surface area contributed by atoms with E-state index in [-0.39, 0.29) is 11.3 Å². The second-order valence-electron chi connectivity index (χ2n) is 7.44. The van der Waals surface area contributed by atoms with Crippen molar-refractivity contribution in [2.24, 2.45) is 0 Å². The molecule has 34 heavy (non-hydrogen) atoms. The predicted octanol–water partition coefficient (Wildman–Crippen LogP) is 4.34. The SMILES string of the molecule is CCOc1ccc(S(=O)(=O)NC(Cc2ccccc2)C(=O)Nc2ccc(F)c(F)c2F)cc1C. The van der Waals surface area contributed by atoms with E-state index in [1.165, 1.54) is 18.2 Å². The molecule has 0 aliphatic heterocycles. The van der Waals surface area contributed by atoms with Crippen LogP contribution in [0.5, 0.6) is 5.75 Å². The summed E-state index contributed by atoms with van der Waals surface area (Å²) >= 11 is 0. The number of halogens is 3. The van der Waals surface area contributed by atoms with Crippen molar-refractivity contribution in [3.8, 4) is 5.75 Å². The molecule has 3 rings (SSSR count). The van der Waals surface area contributed by atoms with Crippen molar-refractivity contribution in [3.63, 3.8) is 0 Å². The number of aryl methyl sites for hydroxylation is 1. The zero-order valence-electron chi connectivity index (χ0n) is 18.4. The largest absolute Gasteiger partial charge is 0.494 e. The number of rotatable bonds is 9. The fourth-order valence-corrected chi connectivity index (χ4v) is 4.52. The molecule has 180 valence electrons. The van der Waals surface area contributed by atoms with Crippen molar-refractivity contribution in [1.82, 2.24) is 4.72 Å². The highest BCUT2D eigenvalue weighted by atomic mass is 32.2. The Hall–Kier alpha value is -3.37. The summed E-state index contributed by atoms with van der Waals surface area (Å²) in [5, 5.41) is 2.14. The number of carbonyl (C=O) groups is 1. The fraction of sp³-hybridized carbons (Fsp3) is 0.208. The van der Waals surface area contributed by atoms with E-state index in [0.29, 0.717) is 29.5 Å². The van der Waals surface area contributed by atoms with E-state index in [4.69, 9.17) is 4.74 Å². The molecule has 0 aromatic heterocycles. The molecule has 0 fully saturated rings. The van der Waals surface area contributed by atoms with Crippen LogP contribution in [0.3, 0.4) is 0 Å². The molecule has 3 aromatic rings. The second kappa shape index (κ2) is 10.7. The zero-order chi connectivity index (χ0) is 24.9. The Bertz CT molecular complexity index is 1280. The second-order valence-corrected chi connectivity index (χ2v) is 9.15. The third-order valence-electron chi connectivity index (χ3n) is 4.95. The first kappa shape index (κ1) is 25.3. The Kier molecular flexibility index (Phi) is 7.95. The third kappa shape index (κ3) is 5.95. The molecule has 0 aliphatic carbocycles. The number of hydrogen-bond donors (Lipinski definition) is 2. The monoisotopic (exact) mass is 492 g/mol. The number of amides is 1. The van der Waals surface area contributed by atoms with Crippen LogP contribution in [0.4, 0.5) is 18.9 Å². The van der Waals surface area contributed by atoms with E-state index in [2.05, 4.69) is 10.0 Å². The molecule has 10 heteroatoms. The molecule has 0 saturated carbocycles. The summed E-state index contributed by atoms with van der Waals surface area (Å²) in [7, 11) is -4.19. The Labute approximate surface area is 195 Å². The van der Waals surface area contributed by atoms with E-state index in [1.807, 2.05) is 0 Å². The molecule has 6 nitrogen and oxygen atoms in total. The molecule has 1 atom stereocenters. The maximum atomic E-state index is 14.1. The number of benzene rings is 3. The molecular weight excluding hydrogens is 469 g/mol. The average Bonchev–Trinajstić information content (AvgIpc) is 2.81. The molecule has 3 aromatic carbocycles. The maximum absolute atomic E-state index is 14.1. The predicted molar refractivity (Wildman–Crippen MR) is 122 cm³/mol. The minimum Gasteiger partial charge on any atom is -0.494 e. The Balaban J connectivity index is 1.90. The van der Waals surface area contributed by atoms with Gasteiger partial charge in [-0.15, -0.1) is 0 Å². The summed E-state index contributed by atoms with van der Waals surface area (Å²) in [5.41, 5.74) is 0.592. The lowest BCUT2D eigenvalue weighted by atomic mass is 10.1. The van der Waals surface area contributed by atoms with Crippen LogP contribution in [0, 0.1) is 24.4 Å². The fourth-order valence-electron chi connectivity index (χ4n) is 3.24. The van der Waals surface area contributed by atoms with Gasteiger partial charge in [0.05, 0.1) is 17.2 Å². The summed E-state index contributed by atoms with van der Waals surface area (Å²) in [5.74, 6) is -5.17. The van der Waals surface area contributed by atoms with Crippen LogP contribution >= 0.6 is 0 Å². The summed E-state index contributed by atoms with van der Waals surface area (Å²) in [6.07, 6.45) is -0.0762. The molecular formula is C24H23F3N2O4S. The smallest absolute Gasteiger partial charge is 0.242 e. The van der Waals surface area contributed by atoms with Crippen LogP contribution in [-0.2, 0) is 21.2 Å². The van der Waals surface area contributed by atoms with Gasteiger partial charge in [-0.05, 0) is 61.7 Å². The van der Waals surface area contributed by atoms with Gasteiger partial charge in [0, 0.05) is 0 Å². The van der Waals surface area contributed by atoms with Crippen LogP contribution < -0.4 is 14.8 Å². The molecule has 2 N–H and O–H groups in total. The Morgan fingerprint density at radius 2 is 1.71 bits per heavy atom. The Morgan fingerprint density at radius 1 is 1.00 bits per heavy atom. The zero-order valence-corrected chi connectivity index (χ0v) is 19.3. The van der Waals surface area contributed by atoms with Crippen molar-refractivity contribution >= 4 is 21.6 Å². The van der Waals surface area contributed by atoms with Gasteiger partial charge in [-0.25, -0.2) is 21.6 Å². The highest BCUT2D eigenvalue weighted by Gasteiger charge is 2.28. The van der Waals surface area contributed by atoms with Crippen LogP contribution in [0.1, 0.15) is 18.1 Å². The number of carbonyl (C=O) groups excluding carboxylic acids is 1. The van der Waals surface area contributed by atoms with Gasteiger partial charge < -0.3 is 10.1 Å².